The molecule has 0 spiro atoms. The van der Waals surface area contributed by atoms with Gasteiger partial charge in [-0.25, -0.2) is 4.98 Å². The van der Waals surface area contributed by atoms with E-state index in [1.54, 1.807) is 37.6 Å². The van der Waals surface area contributed by atoms with Crippen LogP contribution >= 0.6 is 0 Å². The van der Waals surface area contributed by atoms with E-state index in [-0.39, 0.29) is 16.8 Å². The van der Waals surface area contributed by atoms with Crippen LogP contribution in [-0.2, 0) is 10.9 Å². The van der Waals surface area contributed by atoms with Crippen LogP contribution in [0.5, 0.6) is 5.75 Å². The monoisotopic (exact) mass is 520 g/mol. The molecule has 0 radical (unpaired) electrons. The van der Waals surface area contributed by atoms with Crippen LogP contribution in [0.2, 0.25) is 0 Å². The quantitative estimate of drug-likeness (QED) is 0.278. The number of aryl methyl sites for hydroxylation is 1. The number of alkyl halides is 3. The van der Waals surface area contributed by atoms with E-state index in [4.69, 9.17) is 9.47 Å². The van der Waals surface area contributed by atoms with Crippen molar-refractivity contribution >= 4 is 17.8 Å². The van der Waals surface area contributed by atoms with Crippen LogP contribution in [0.3, 0.4) is 0 Å². The molecule has 8 heteroatoms. The highest BCUT2D eigenvalue weighted by Gasteiger charge is 2.42. The fraction of sp³-hybridized carbons (Fsp3) is 0.267. The molecule has 1 saturated heterocycles. The van der Waals surface area contributed by atoms with Crippen LogP contribution in [0.1, 0.15) is 41.6 Å². The number of hydrogen-bond acceptors (Lipinski definition) is 4. The average molecular weight is 521 g/mol. The maximum Gasteiger partial charge on any atom is 0.416 e. The molecule has 2 unspecified atom stereocenters. The molecule has 196 valence electrons. The summed E-state index contributed by atoms with van der Waals surface area (Å²) in [6, 6.07) is 15.5. The summed E-state index contributed by atoms with van der Waals surface area (Å²) in [7, 11) is 1.55. The fourth-order valence-electron chi connectivity index (χ4n) is 4.74. The van der Waals surface area contributed by atoms with E-state index < -0.39 is 17.3 Å². The van der Waals surface area contributed by atoms with Gasteiger partial charge in [0, 0.05) is 11.8 Å². The molecule has 2 aliphatic rings. The maximum absolute atomic E-state index is 13.4. The zero-order valence-corrected chi connectivity index (χ0v) is 21.0. The lowest BCUT2D eigenvalue weighted by atomic mass is 10.0. The number of epoxide rings is 1. The third-order valence-corrected chi connectivity index (χ3v) is 6.78. The molecule has 0 amide bonds. The topological polar surface area (TPSA) is 56.1 Å². The van der Waals surface area contributed by atoms with Gasteiger partial charge in [0.15, 0.2) is 0 Å². The van der Waals surface area contributed by atoms with Gasteiger partial charge in [-0.15, -0.1) is 0 Å². The van der Waals surface area contributed by atoms with Gasteiger partial charge in [-0.1, -0.05) is 36.4 Å². The van der Waals surface area contributed by atoms with Gasteiger partial charge in [0.05, 0.1) is 36.1 Å². The first-order valence-corrected chi connectivity index (χ1v) is 12.4. The van der Waals surface area contributed by atoms with E-state index in [9.17, 15) is 18.0 Å². The van der Waals surface area contributed by atoms with Crippen LogP contribution in [0, 0.1) is 6.92 Å². The van der Waals surface area contributed by atoms with Crippen LogP contribution < -0.4 is 10.3 Å². The Morgan fingerprint density at radius 1 is 1.03 bits per heavy atom. The van der Waals surface area contributed by atoms with Gasteiger partial charge in [-0.05, 0) is 73.7 Å². The summed E-state index contributed by atoms with van der Waals surface area (Å²) in [5, 5.41) is 0. The molecule has 3 heterocycles. The van der Waals surface area contributed by atoms with E-state index >= 15 is 0 Å². The Hall–Kier alpha value is -3.91. The first-order chi connectivity index (χ1) is 18.3. The summed E-state index contributed by atoms with van der Waals surface area (Å²) in [6.45, 7) is 1.82. The van der Waals surface area contributed by atoms with Gasteiger partial charge in [0.1, 0.15) is 11.4 Å². The number of hydrogen-bond donors (Lipinski definition) is 0. The summed E-state index contributed by atoms with van der Waals surface area (Å²) in [4.78, 5) is 18.0. The number of para-hydroxylation sites is 1. The van der Waals surface area contributed by atoms with Gasteiger partial charge < -0.3 is 9.47 Å². The smallest absolute Gasteiger partial charge is 0.416 e. The molecule has 4 aromatic rings. The number of ether oxygens (including phenoxy) is 2. The lowest BCUT2D eigenvalue weighted by Gasteiger charge is -2.12. The van der Waals surface area contributed by atoms with Crippen molar-refractivity contribution in [2.45, 2.75) is 44.6 Å². The number of benzene rings is 2. The minimum atomic E-state index is -4.53. The molecule has 2 aromatic heterocycles. The van der Waals surface area contributed by atoms with Gasteiger partial charge in [-0.2, -0.15) is 13.2 Å². The molecule has 2 aromatic carbocycles. The number of nitrogens with zero attached hydrogens (tertiary/aromatic N) is 2. The first kappa shape index (κ1) is 25.7. The van der Waals surface area contributed by atoms with Gasteiger partial charge >= 0.3 is 6.18 Å². The number of aromatic nitrogens is 2. The summed E-state index contributed by atoms with van der Waals surface area (Å²) in [5.74, 6) is 0.623. The molecule has 1 aliphatic heterocycles. The summed E-state index contributed by atoms with van der Waals surface area (Å²) < 4.78 is 51.8. The van der Waals surface area contributed by atoms with Crippen LogP contribution in [0.25, 0.3) is 28.9 Å². The molecular formula is C30H27F3N2O3. The molecule has 0 bridgehead atoms. The predicted octanol–water partition coefficient (Wildman–Crippen LogP) is 6.81. The second-order valence-corrected chi connectivity index (χ2v) is 9.36. The van der Waals surface area contributed by atoms with Gasteiger partial charge in [0.2, 0.25) is 0 Å². The number of halogens is 3. The lowest BCUT2D eigenvalue weighted by molar-refractivity contribution is -0.137. The highest BCUT2D eigenvalue weighted by atomic mass is 19.4. The number of rotatable bonds is 4. The molecular weight excluding hydrogens is 493 g/mol. The Morgan fingerprint density at radius 2 is 1.79 bits per heavy atom. The largest absolute Gasteiger partial charge is 0.496 e. The van der Waals surface area contributed by atoms with Crippen molar-refractivity contribution in [1.29, 1.82) is 0 Å². The van der Waals surface area contributed by atoms with E-state index in [1.165, 1.54) is 35.8 Å². The van der Waals surface area contributed by atoms with E-state index in [2.05, 4.69) is 4.98 Å². The van der Waals surface area contributed by atoms with Crippen molar-refractivity contribution in [1.82, 2.24) is 9.38 Å². The van der Waals surface area contributed by atoms with Crippen molar-refractivity contribution < 1.29 is 22.6 Å². The normalized spacial score (nSPS) is 18.2. The Balaban J connectivity index is 0.000000424. The molecule has 2 atom stereocenters. The standard InChI is InChI=1S/C25H19F3N2O2.C5H8O/c1-16-7-6-14-30-23(16)29-20(13-12-17-8-3-4-11-21(17)32-2)22(24(30)31)18-9-5-10-19(15-18)25(26,27)28;1-2-4-5(3-1)6-4/h3-15H,1-2H3;4-5H,1-3H2. The minimum absolute atomic E-state index is 0.0883. The van der Waals surface area contributed by atoms with E-state index in [0.717, 1.165) is 23.3 Å². The number of methoxy groups -OCH3 is 1. The van der Waals surface area contributed by atoms with Gasteiger partial charge in [0.25, 0.3) is 5.56 Å². The Kier molecular flexibility index (Phi) is 7.08. The van der Waals surface area contributed by atoms with Crippen LogP contribution in [0.15, 0.2) is 71.7 Å². The zero-order valence-electron chi connectivity index (χ0n) is 21.0. The van der Waals surface area contributed by atoms with Crippen LogP contribution in [0.4, 0.5) is 13.2 Å². The SMILES string of the molecule is C1CC2OC2C1.COc1ccccc1C=Cc1nc2c(C)cccn2c(=O)c1-c1cccc(C(F)(F)F)c1. The van der Waals surface area contributed by atoms with E-state index in [0.29, 0.717) is 23.6 Å². The van der Waals surface area contributed by atoms with Gasteiger partial charge in [-0.3, -0.25) is 9.20 Å². The number of pyridine rings is 1. The van der Waals surface area contributed by atoms with Crippen molar-refractivity contribution in [3.05, 3.63) is 99.6 Å². The van der Waals surface area contributed by atoms with Crippen LogP contribution in [-0.4, -0.2) is 28.7 Å². The Bertz CT molecular complexity index is 1550. The molecule has 1 saturated carbocycles. The Labute approximate surface area is 218 Å². The zero-order chi connectivity index (χ0) is 26.9. The summed E-state index contributed by atoms with van der Waals surface area (Å²) in [5.41, 5.74) is 1.19. The van der Waals surface area contributed by atoms with Crippen molar-refractivity contribution in [2.75, 3.05) is 7.11 Å². The highest BCUT2D eigenvalue weighted by Crippen LogP contribution is 2.37. The minimum Gasteiger partial charge on any atom is -0.496 e. The lowest BCUT2D eigenvalue weighted by Crippen LogP contribution is -2.19. The third kappa shape index (κ3) is 5.36. The maximum atomic E-state index is 13.4. The first-order valence-electron chi connectivity index (χ1n) is 12.4. The predicted molar refractivity (Wildman–Crippen MR) is 141 cm³/mol. The average Bonchev–Trinajstić information content (AvgIpc) is 3.52. The molecule has 0 N–H and O–H groups in total. The summed E-state index contributed by atoms with van der Waals surface area (Å²) >= 11 is 0. The van der Waals surface area contributed by atoms with Crippen molar-refractivity contribution in [3.63, 3.8) is 0 Å². The highest BCUT2D eigenvalue weighted by molar-refractivity contribution is 5.81. The Morgan fingerprint density at radius 3 is 2.45 bits per heavy atom. The van der Waals surface area contributed by atoms with E-state index in [1.807, 2.05) is 31.2 Å². The molecule has 5 nitrogen and oxygen atoms in total. The third-order valence-electron chi connectivity index (χ3n) is 6.78. The summed E-state index contributed by atoms with van der Waals surface area (Å²) in [6.07, 6.45) is 5.90. The molecule has 1 aliphatic carbocycles. The number of fused-ring (bicyclic) bond motifs is 2. The second-order valence-electron chi connectivity index (χ2n) is 9.36. The molecule has 38 heavy (non-hydrogen) atoms. The van der Waals surface area contributed by atoms with Crippen molar-refractivity contribution in [3.8, 4) is 16.9 Å². The van der Waals surface area contributed by atoms with Crippen molar-refractivity contribution in [2.24, 2.45) is 0 Å². The molecule has 6 rings (SSSR count). The molecule has 2 fully saturated rings. The second kappa shape index (κ2) is 10.5. The fourth-order valence-corrected chi connectivity index (χ4v) is 4.74.